The molecule has 0 radical (unpaired) electrons. The minimum absolute atomic E-state index is 0.0414. The topological polar surface area (TPSA) is 61.8 Å². The zero-order valence-corrected chi connectivity index (χ0v) is 46.6. The summed E-state index contributed by atoms with van der Waals surface area (Å²) in [5.41, 5.74) is 0. The van der Waals surface area contributed by atoms with E-state index in [0.29, 0.717) is 25.9 Å². The van der Waals surface area contributed by atoms with Gasteiger partial charge in [0.2, 0.25) is 0 Å². The molecule has 72 heavy (non-hydrogen) atoms. The van der Waals surface area contributed by atoms with Gasteiger partial charge in [-0.05, 0) is 135 Å². The zero-order valence-electron chi connectivity index (χ0n) is 46.6. The molecule has 5 heteroatoms. The van der Waals surface area contributed by atoms with Gasteiger partial charge in [0.05, 0.1) is 6.61 Å². The second-order valence-corrected chi connectivity index (χ2v) is 18.8. The van der Waals surface area contributed by atoms with Gasteiger partial charge in [-0.1, -0.05) is 237 Å². The first-order valence-corrected chi connectivity index (χ1v) is 29.4. The van der Waals surface area contributed by atoms with Crippen LogP contribution in [0.2, 0.25) is 0 Å². The van der Waals surface area contributed by atoms with E-state index in [1.54, 1.807) is 0 Å². The predicted octanol–water partition coefficient (Wildman–Crippen LogP) is 20.5. The summed E-state index contributed by atoms with van der Waals surface area (Å²) in [4.78, 5) is 25.5. The standard InChI is InChI=1S/C67H108O5/c1-4-7-10-13-16-19-22-25-28-31-33-35-38-41-44-47-50-53-56-59-62-70-63-65(72-67(69)61-58-55-52-49-46-43-40-36-30-27-24-21-18-15-12-9-6-3)64-71-66(68)60-57-54-51-48-45-42-39-37-34-32-29-26-23-20-17-14-11-8-5-2/h7,9-10,12,16-21,25-30,33-35,37,40,43,49,52,65H,4-6,8,11,13-15,22-24,31-32,36,38-39,41-42,44-48,50-51,53-64H2,1-3H3/b10-7-,12-9-,19-16-,20-17-,21-18-,28-25-,29-26-,30-27-,35-33-,37-34-,43-40-,52-49-. The highest BCUT2D eigenvalue weighted by Gasteiger charge is 2.17. The lowest BCUT2D eigenvalue weighted by atomic mass is 10.1. The molecule has 0 aliphatic rings. The van der Waals surface area contributed by atoms with Crippen LogP contribution in [0.1, 0.15) is 239 Å². The van der Waals surface area contributed by atoms with Crippen molar-refractivity contribution in [2.75, 3.05) is 19.8 Å². The summed E-state index contributed by atoms with van der Waals surface area (Å²) in [5.74, 6) is -0.493. The van der Waals surface area contributed by atoms with E-state index in [9.17, 15) is 9.59 Å². The first kappa shape index (κ1) is 67.8. The first-order valence-electron chi connectivity index (χ1n) is 29.4. The third kappa shape index (κ3) is 58.4. The highest BCUT2D eigenvalue weighted by atomic mass is 16.6. The second kappa shape index (κ2) is 61.1. The molecule has 0 heterocycles. The molecule has 1 atom stereocenters. The fourth-order valence-corrected chi connectivity index (χ4v) is 7.54. The smallest absolute Gasteiger partial charge is 0.306 e. The van der Waals surface area contributed by atoms with Crippen molar-refractivity contribution in [1.29, 1.82) is 0 Å². The molecule has 0 aliphatic heterocycles. The maximum absolute atomic E-state index is 12.9. The summed E-state index contributed by atoms with van der Waals surface area (Å²) in [6, 6.07) is 0. The molecule has 0 aromatic carbocycles. The van der Waals surface area contributed by atoms with Crippen molar-refractivity contribution in [2.45, 2.75) is 245 Å². The largest absolute Gasteiger partial charge is 0.462 e. The molecule has 0 rings (SSSR count). The van der Waals surface area contributed by atoms with E-state index >= 15 is 0 Å². The Kier molecular flexibility index (Phi) is 57.5. The lowest BCUT2D eigenvalue weighted by Crippen LogP contribution is -2.30. The summed E-state index contributed by atoms with van der Waals surface area (Å²) >= 11 is 0. The summed E-state index contributed by atoms with van der Waals surface area (Å²) in [6.45, 7) is 7.47. The molecule has 0 N–H and O–H groups in total. The van der Waals surface area contributed by atoms with Gasteiger partial charge in [0.1, 0.15) is 6.61 Å². The van der Waals surface area contributed by atoms with Crippen LogP contribution in [-0.2, 0) is 23.8 Å². The first-order chi connectivity index (χ1) is 35.6. The summed E-state index contributed by atoms with van der Waals surface area (Å²) in [7, 11) is 0. The maximum atomic E-state index is 12.9. The molecule has 1 unspecified atom stereocenters. The number of carbonyl (C=O) groups is 2. The lowest BCUT2D eigenvalue weighted by molar-refractivity contribution is -0.162. The van der Waals surface area contributed by atoms with Crippen LogP contribution in [0, 0.1) is 0 Å². The Morgan fingerprint density at radius 3 is 1.04 bits per heavy atom. The summed E-state index contributed by atoms with van der Waals surface area (Å²) in [6.07, 6.45) is 88.7. The molecule has 0 saturated carbocycles. The molecule has 0 aromatic rings. The molecule has 0 bridgehead atoms. The number of allylic oxidation sites excluding steroid dienone is 24. The fraction of sp³-hybridized carbons (Fsp3) is 0.612. The van der Waals surface area contributed by atoms with Gasteiger partial charge in [0, 0.05) is 19.4 Å². The highest BCUT2D eigenvalue weighted by molar-refractivity contribution is 5.70. The molecule has 0 aliphatic carbocycles. The minimum atomic E-state index is -0.590. The molecule has 0 amide bonds. The molecular formula is C67H108O5. The van der Waals surface area contributed by atoms with Crippen LogP contribution < -0.4 is 0 Å². The van der Waals surface area contributed by atoms with Crippen LogP contribution in [0.5, 0.6) is 0 Å². The van der Waals surface area contributed by atoms with Crippen molar-refractivity contribution < 1.29 is 23.8 Å². The third-order valence-electron chi connectivity index (χ3n) is 11.8. The van der Waals surface area contributed by atoms with Crippen molar-refractivity contribution in [2.24, 2.45) is 0 Å². The van der Waals surface area contributed by atoms with Gasteiger partial charge < -0.3 is 14.2 Å². The monoisotopic (exact) mass is 993 g/mol. The number of hydrogen-bond donors (Lipinski definition) is 0. The molecule has 0 spiro atoms. The zero-order chi connectivity index (χ0) is 52.0. The summed E-state index contributed by atoms with van der Waals surface area (Å²) in [5, 5.41) is 0. The Bertz CT molecular complexity index is 1540. The number of hydrogen-bond acceptors (Lipinski definition) is 5. The van der Waals surface area contributed by atoms with Crippen molar-refractivity contribution >= 4 is 11.9 Å². The van der Waals surface area contributed by atoms with Gasteiger partial charge >= 0.3 is 11.9 Å². The van der Waals surface area contributed by atoms with Crippen LogP contribution in [0.25, 0.3) is 0 Å². The number of carbonyl (C=O) groups excluding carboxylic acids is 2. The van der Waals surface area contributed by atoms with Crippen LogP contribution in [0.15, 0.2) is 146 Å². The van der Waals surface area contributed by atoms with Gasteiger partial charge in [-0.2, -0.15) is 0 Å². The second-order valence-electron chi connectivity index (χ2n) is 18.8. The van der Waals surface area contributed by atoms with E-state index in [1.807, 2.05) is 0 Å². The van der Waals surface area contributed by atoms with Gasteiger partial charge in [-0.25, -0.2) is 0 Å². The lowest BCUT2D eigenvalue weighted by Gasteiger charge is -2.18. The van der Waals surface area contributed by atoms with E-state index in [4.69, 9.17) is 14.2 Å². The summed E-state index contributed by atoms with van der Waals surface area (Å²) < 4.78 is 17.4. The van der Waals surface area contributed by atoms with Crippen molar-refractivity contribution in [3.05, 3.63) is 146 Å². The van der Waals surface area contributed by atoms with Gasteiger partial charge in [-0.15, -0.1) is 0 Å². The molecule has 0 saturated heterocycles. The van der Waals surface area contributed by atoms with Crippen molar-refractivity contribution in [1.82, 2.24) is 0 Å². The van der Waals surface area contributed by atoms with Gasteiger partial charge in [-0.3, -0.25) is 9.59 Å². The normalized spacial score (nSPS) is 13.3. The fourth-order valence-electron chi connectivity index (χ4n) is 7.54. The third-order valence-corrected chi connectivity index (χ3v) is 11.8. The van der Waals surface area contributed by atoms with E-state index < -0.39 is 6.10 Å². The van der Waals surface area contributed by atoms with Crippen LogP contribution in [0.3, 0.4) is 0 Å². The number of rotatable bonds is 52. The van der Waals surface area contributed by atoms with E-state index in [0.717, 1.165) is 122 Å². The average molecular weight is 994 g/mol. The Balaban J connectivity index is 4.44. The van der Waals surface area contributed by atoms with Crippen LogP contribution in [0.4, 0.5) is 0 Å². The van der Waals surface area contributed by atoms with E-state index in [-0.39, 0.29) is 25.2 Å². The molecule has 0 aromatic heterocycles. The van der Waals surface area contributed by atoms with Gasteiger partial charge in [0.15, 0.2) is 6.10 Å². The van der Waals surface area contributed by atoms with E-state index in [2.05, 4.69) is 167 Å². The quantitative estimate of drug-likeness (QED) is 0.0345. The number of unbranched alkanes of at least 4 members (excludes halogenated alkanes) is 17. The van der Waals surface area contributed by atoms with E-state index in [1.165, 1.54) is 77.0 Å². The Morgan fingerprint density at radius 2 is 0.639 bits per heavy atom. The highest BCUT2D eigenvalue weighted by Crippen LogP contribution is 2.13. The average Bonchev–Trinajstić information content (AvgIpc) is 3.38. The number of ether oxygens (including phenoxy) is 3. The van der Waals surface area contributed by atoms with Gasteiger partial charge in [0.25, 0.3) is 0 Å². The Hall–Kier alpha value is -4.22. The Morgan fingerprint density at radius 1 is 0.319 bits per heavy atom. The Labute approximate surface area is 444 Å². The SMILES string of the molecule is CC/C=C\C/C=C\C/C=C\C/C=C\C/C=C\CCCC(=O)OC(COCCCCCCCCC/C=C\C/C=C\C/C=C\C/C=C\CC)COC(=O)CCCCCCCC/C=C\C/C=C\C/C=C\CCCCC. The van der Waals surface area contributed by atoms with Crippen LogP contribution in [-0.4, -0.2) is 37.9 Å². The molecule has 5 nitrogen and oxygen atoms in total. The maximum Gasteiger partial charge on any atom is 0.306 e. The number of esters is 2. The van der Waals surface area contributed by atoms with Crippen molar-refractivity contribution in [3.8, 4) is 0 Å². The molecule has 0 fully saturated rings. The predicted molar refractivity (Wildman–Crippen MR) is 315 cm³/mol. The minimum Gasteiger partial charge on any atom is -0.462 e. The molecule has 406 valence electrons. The molecular weight excluding hydrogens is 885 g/mol. The van der Waals surface area contributed by atoms with Crippen LogP contribution >= 0.6 is 0 Å². The van der Waals surface area contributed by atoms with Crippen molar-refractivity contribution in [3.63, 3.8) is 0 Å².